The maximum atomic E-state index is 13.6. The van der Waals surface area contributed by atoms with E-state index < -0.39 is 20.0 Å². The van der Waals surface area contributed by atoms with Crippen molar-refractivity contribution < 1.29 is 37.3 Å². The Morgan fingerprint density at radius 1 is 0.419 bits per heavy atom. The maximum Gasteiger partial charge on any atom is 0.472 e. The molecule has 0 rings (SSSR count). The number of rotatable bonds is 66. The highest BCUT2D eigenvalue weighted by Gasteiger charge is 2.30. The number of quaternary nitrogens is 1. The number of nitrogens with zero attached hydrogens (tertiary/aromatic N) is 1. The number of amides is 1. The number of phosphoric ester groups is 1. The van der Waals surface area contributed by atoms with Crippen LogP contribution in [-0.2, 0) is 27.9 Å². The predicted molar refractivity (Wildman–Crippen MR) is 374 cm³/mol. The second-order valence-corrected chi connectivity index (χ2v) is 27.2. The average Bonchev–Trinajstić information content (AvgIpc) is 3.65. The molecule has 0 radical (unpaired) electrons. The summed E-state index contributed by atoms with van der Waals surface area (Å²) in [5, 5.41) is 3.07. The fraction of sp³-hybridized carbons (Fsp3) is 0.789. The molecule has 500 valence electrons. The summed E-state index contributed by atoms with van der Waals surface area (Å²) >= 11 is 0. The van der Waals surface area contributed by atoms with Crippen molar-refractivity contribution in [2.45, 2.75) is 348 Å². The molecule has 0 aliphatic rings. The lowest BCUT2D eigenvalue weighted by atomic mass is 10.0. The molecule has 0 aromatic heterocycles. The summed E-state index contributed by atoms with van der Waals surface area (Å²) in [6.07, 6.45) is 87.4. The summed E-state index contributed by atoms with van der Waals surface area (Å²) in [7, 11) is 1.50. The van der Waals surface area contributed by atoms with E-state index in [1.54, 1.807) is 0 Å². The minimum atomic E-state index is -4.46. The minimum absolute atomic E-state index is 0.0375. The van der Waals surface area contributed by atoms with Gasteiger partial charge >= 0.3 is 13.8 Å². The average molecular weight is 1220 g/mol. The number of hydrogen-bond donors (Lipinski definition) is 2. The Labute approximate surface area is 533 Å². The molecule has 1 amide bonds. The molecule has 2 N–H and O–H groups in total. The first-order valence-electron chi connectivity index (χ1n) is 36.4. The number of allylic oxidation sites excluding steroid dienone is 13. The Bertz CT molecular complexity index is 1750. The van der Waals surface area contributed by atoms with Crippen LogP contribution in [0, 0.1) is 0 Å². The third kappa shape index (κ3) is 65.6. The van der Waals surface area contributed by atoms with Gasteiger partial charge in [0.2, 0.25) is 5.91 Å². The van der Waals surface area contributed by atoms with E-state index >= 15 is 0 Å². The monoisotopic (exact) mass is 1220 g/mol. The molecule has 0 saturated carbocycles. The van der Waals surface area contributed by atoms with Crippen molar-refractivity contribution in [3.05, 3.63) is 85.1 Å². The van der Waals surface area contributed by atoms with Crippen LogP contribution in [0.4, 0.5) is 0 Å². The summed E-state index contributed by atoms with van der Waals surface area (Å²) in [6.45, 7) is 6.93. The molecule has 9 nitrogen and oxygen atoms in total. The van der Waals surface area contributed by atoms with Crippen LogP contribution in [0.1, 0.15) is 335 Å². The second-order valence-electron chi connectivity index (χ2n) is 25.7. The summed E-state index contributed by atoms with van der Waals surface area (Å²) in [5.74, 6) is -0.504. The highest BCUT2D eigenvalue weighted by molar-refractivity contribution is 7.47. The lowest BCUT2D eigenvalue weighted by molar-refractivity contribution is -0.870. The van der Waals surface area contributed by atoms with Gasteiger partial charge in [0.05, 0.1) is 33.8 Å². The van der Waals surface area contributed by atoms with Gasteiger partial charge in [0.15, 0.2) is 0 Å². The van der Waals surface area contributed by atoms with E-state index in [1.165, 1.54) is 199 Å². The van der Waals surface area contributed by atoms with Crippen molar-refractivity contribution in [3.8, 4) is 0 Å². The summed E-state index contributed by atoms with van der Waals surface area (Å²) in [4.78, 5) is 37.9. The van der Waals surface area contributed by atoms with Crippen LogP contribution in [0.3, 0.4) is 0 Å². The van der Waals surface area contributed by atoms with Crippen LogP contribution in [0.2, 0.25) is 0 Å². The molecular formula is C76H140N2O7P+. The standard InChI is InChI=1S/C76H139N2O7P/c1-7-10-13-16-19-22-25-28-30-32-34-36-38-39-41-43-45-47-49-51-54-57-60-63-66-69-76(80)85-74(67-64-61-58-55-52-27-24-21-18-15-12-9-3)73(72-84-86(81,82)83-71-70-78(4,5)6)77-75(79)68-65-62-59-56-53-50-48-46-44-42-40-37-35-33-31-29-26-23-20-17-14-11-8-2/h10,13,19,22,28-31,34,36,39,41,64,67,73-74H,7-9,11-12,14-18,20-21,23-27,32-33,35,37-38,40,42-63,65-66,68-72H2,1-6H3,(H-,77,79,81,82)/p+1/b13-10-,22-19-,30-28-,31-29+,36-34-,41-39-,67-64+. The lowest BCUT2D eigenvalue weighted by Gasteiger charge is -2.27. The van der Waals surface area contributed by atoms with Gasteiger partial charge in [-0.25, -0.2) is 4.57 Å². The van der Waals surface area contributed by atoms with Crippen LogP contribution < -0.4 is 5.32 Å². The topological polar surface area (TPSA) is 111 Å². The van der Waals surface area contributed by atoms with Crippen LogP contribution in [0.25, 0.3) is 0 Å². The van der Waals surface area contributed by atoms with E-state index in [0.717, 1.165) is 103 Å². The number of esters is 1. The van der Waals surface area contributed by atoms with E-state index in [2.05, 4.69) is 99.0 Å². The van der Waals surface area contributed by atoms with Crippen molar-refractivity contribution in [1.29, 1.82) is 0 Å². The van der Waals surface area contributed by atoms with E-state index in [0.29, 0.717) is 17.4 Å². The van der Waals surface area contributed by atoms with Gasteiger partial charge in [-0.2, -0.15) is 0 Å². The number of carbonyl (C=O) groups is 2. The number of hydrogen-bond acceptors (Lipinski definition) is 6. The number of ether oxygens (including phenoxy) is 1. The van der Waals surface area contributed by atoms with Gasteiger partial charge in [0, 0.05) is 12.8 Å². The Hall–Kier alpha value is -2.81. The first kappa shape index (κ1) is 83.2. The van der Waals surface area contributed by atoms with Crippen molar-refractivity contribution >= 4 is 19.7 Å². The molecular weight excluding hydrogens is 1080 g/mol. The zero-order chi connectivity index (χ0) is 62.8. The molecule has 0 aromatic carbocycles. The number of carbonyl (C=O) groups excluding carboxylic acids is 2. The van der Waals surface area contributed by atoms with Crippen LogP contribution in [0.15, 0.2) is 85.1 Å². The van der Waals surface area contributed by atoms with Gasteiger partial charge in [-0.3, -0.25) is 18.6 Å². The number of unbranched alkanes of at least 4 members (excludes halogenated alkanes) is 38. The fourth-order valence-corrected chi connectivity index (χ4v) is 11.2. The third-order valence-electron chi connectivity index (χ3n) is 16.1. The second kappa shape index (κ2) is 65.2. The van der Waals surface area contributed by atoms with Crippen LogP contribution in [-0.4, -0.2) is 74.3 Å². The molecule has 10 heteroatoms. The summed E-state index contributed by atoms with van der Waals surface area (Å²) < 4.78 is 30.9. The van der Waals surface area contributed by atoms with Crippen molar-refractivity contribution in [2.24, 2.45) is 0 Å². The smallest absolute Gasteiger partial charge is 0.456 e. The first-order chi connectivity index (χ1) is 41.9. The SMILES string of the molecule is CC/C=C\C/C=C\C/C=C\C/C=C\C/C=C\CCCCCCCCCCCC(=O)OC(/C=C/CCCCCCCCCCCC)C(COP(=O)(O)OCC[N+](C)(C)C)NC(=O)CCCCCCCCCCCCCCC/C=C/CCCCCCCC. The molecule has 0 fully saturated rings. The van der Waals surface area contributed by atoms with Gasteiger partial charge in [-0.1, -0.05) is 305 Å². The molecule has 0 aromatic rings. The number of likely N-dealkylation sites (N-methyl/N-ethyl adjacent to an activating group) is 1. The largest absolute Gasteiger partial charge is 0.472 e. The van der Waals surface area contributed by atoms with Crippen molar-refractivity contribution in [3.63, 3.8) is 0 Å². The molecule has 0 saturated heterocycles. The van der Waals surface area contributed by atoms with Gasteiger partial charge in [0.25, 0.3) is 0 Å². The number of phosphoric acid groups is 1. The van der Waals surface area contributed by atoms with E-state index in [4.69, 9.17) is 13.8 Å². The molecule has 3 atom stereocenters. The highest BCUT2D eigenvalue weighted by atomic mass is 31.2. The van der Waals surface area contributed by atoms with Gasteiger partial charge in [0.1, 0.15) is 19.3 Å². The van der Waals surface area contributed by atoms with E-state index in [1.807, 2.05) is 33.3 Å². The molecule has 0 bridgehead atoms. The van der Waals surface area contributed by atoms with Gasteiger partial charge < -0.3 is 19.4 Å². The summed E-state index contributed by atoms with van der Waals surface area (Å²) in [6, 6.07) is -0.855. The molecule has 0 spiro atoms. The van der Waals surface area contributed by atoms with Crippen LogP contribution >= 0.6 is 7.82 Å². The molecule has 0 heterocycles. The van der Waals surface area contributed by atoms with Gasteiger partial charge in [-0.15, -0.1) is 0 Å². The van der Waals surface area contributed by atoms with Gasteiger partial charge in [-0.05, 0) is 102 Å². The number of nitrogens with one attached hydrogen (secondary N) is 1. The zero-order valence-corrected chi connectivity index (χ0v) is 58.2. The van der Waals surface area contributed by atoms with Crippen molar-refractivity contribution in [1.82, 2.24) is 5.32 Å². The minimum Gasteiger partial charge on any atom is -0.456 e. The first-order valence-corrected chi connectivity index (χ1v) is 37.9. The van der Waals surface area contributed by atoms with Crippen molar-refractivity contribution in [2.75, 3.05) is 40.9 Å². The zero-order valence-electron chi connectivity index (χ0n) is 57.3. The Balaban J connectivity index is 5.05. The third-order valence-corrected chi connectivity index (χ3v) is 17.1. The molecule has 0 aliphatic heterocycles. The Morgan fingerprint density at radius 3 is 1.13 bits per heavy atom. The Morgan fingerprint density at radius 2 is 0.744 bits per heavy atom. The summed E-state index contributed by atoms with van der Waals surface area (Å²) in [5.41, 5.74) is 0. The van der Waals surface area contributed by atoms with Crippen LogP contribution in [0.5, 0.6) is 0 Å². The predicted octanol–water partition coefficient (Wildman–Crippen LogP) is 23.3. The van der Waals surface area contributed by atoms with E-state index in [9.17, 15) is 19.0 Å². The quantitative estimate of drug-likeness (QED) is 0.0205. The fourth-order valence-electron chi connectivity index (χ4n) is 10.5. The lowest BCUT2D eigenvalue weighted by Crippen LogP contribution is -2.47. The normalized spacial score (nSPS) is 14.0. The molecule has 3 unspecified atom stereocenters. The highest BCUT2D eigenvalue weighted by Crippen LogP contribution is 2.43. The molecule has 0 aliphatic carbocycles. The Kier molecular flexibility index (Phi) is 63.0. The molecule has 86 heavy (non-hydrogen) atoms. The van der Waals surface area contributed by atoms with E-state index in [-0.39, 0.29) is 31.5 Å². The maximum absolute atomic E-state index is 13.6.